The molecule has 1 fully saturated rings. The molecule has 1 aliphatic heterocycles. The molecule has 0 saturated carbocycles. The van der Waals surface area contributed by atoms with Crippen molar-refractivity contribution in [2.24, 2.45) is 17.1 Å². The Balaban J connectivity index is 2.60. The summed E-state index contributed by atoms with van der Waals surface area (Å²) in [5.74, 6) is 0.338. The molecule has 0 bridgehead atoms. The van der Waals surface area contributed by atoms with E-state index in [-0.39, 0.29) is 17.7 Å². The van der Waals surface area contributed by atoms with E-state index >= 15 is 0 Å². The fraction of sp³-hybridized carbons (Fsp3) is 0.867. The highest BCUT2D eigenvalue weighted by Gasteiger charge is 2.38. The molecular formula is C15H29N3O2. The second-order valence-corrected chi connectivity index (χ2v) is 5.65. The zero-order valence-corrected chi connectivity index (χ0v) is 13.1. The van der Waals surface area contributed by atoms with Gasteiger partial charge in [0, 0.05) is 32.1 Å². The maximum absolute atomic E-state index is 12.7. The summed E-state index contributed by atoms with van der Waals surface area (Å²) in [7, 11) is 0. The minimum atomic E-state index is -0.418. The Morgan fingerprint density at radius 1 is 1.20 bits per heavy atom. The lowest BCUT2D eigenvalue weighted by Gasteiger charge is -2.38. The number of nitrogens with zero attached hydrogens (tertiary/aromatic N) is 1. The van der Waals surface area contributed by atoms with Crippen LogP contribution in [0.1, 0.15) is 46.5 Å². The Hall–Kier alpha value is -1.10. The van der Waals surface area contributed by atoms with Crippen molar-refractivity contribution in [3.63, 3.8) is 0 Å². The third-order valence-electron chi connectivity index (χ3n) is 4.70. The van der Waals surface area contributed by atoms with Crippen molar-refractivity contribution >= 4 is 11.8 Å². The molecule has 0 unspecified atom stereocenters. The van der Waals surface area contributed by atoms with Crippen LogP contribution in [0.15, 0.2) is 0 Å². The minimum absolute atomic E-state index is 0.0505. The Labute approximate surface area is 122 Å². The van der Waals surface area contributed by atoms with Crippen molar-refractivity contribution < 1.29 is 9.59 Å². The van der Waals surface area contributed by atoms with Crippen molar-refractivity contribution in [2.75, 3.05) is 26.2 Å². The van der Waals surface area contributed by atoms with Gasteiger partial charge in [0.1, 0.15) is 0 Å². The lowest BCUT2D eigenvalue weighted by Crippen LogP contribution is -2.51. The summed E-state index contributed by atoms with van der Waals surface area (Å²) in [5.41, 5.74) is 5.42. The molecule has 5 heteroatoms. The highest BCUT2D eigenvalue weighted by molar-refractivity contribution is 5.84. The van der Waals surface area contributed by atoms with Crippen LogP contribution in [0, 0.1) is 11.3 Å². The Bertz CT molecular complexity index is 324. The van der Waals surface area contributed by atoms with Crippen LogP contribution in [0.3, 0.4) is 0 Å². The van der Waals surface area contributed by atoms with Gasteiger partial charge in [-0.3, -0.25) is 9.59 Å². The Morgan fingerprint density at radius 2 is 1.75 bits per heavy atom. The molecule has 1 saturated heterocycles. The summed E-state index contributed by atoms with van der Waals surface area (Å²) in [4.78, 5) is 26.4. The second-order valence-electron chi connectivity index (χ2n) is 5.65. The number of amides is 2. The monoisotopic (exact) mass is 283 g/mol. The summed E-state index contributed by atoms with van der Waals surface area (Å²) in [6, 6.07) is 0. The minimum Gasteiger partial charge on any atom is -0.356 e. The SMILES string of the molecule is CCNC(=O)C1CCN(C(=O)C(CC)(CC)CN)CC1. The maximum atomic E-state index is 12.7. The number of carbonyl (C=O) groups excluding carboxylic acids is 2. The first-order valence-electron chi connectivity index (χ1n) is 7.81. The molecule has 0 radical (unpaired) electrons. The number of likely N-dealkylation sites (tertiary alicyclic amines) is 1. The number of carbonyl (C=O) groups is 2. The quantitative estimate of drug-likeness (QED) is 0.767. The van der Waals surface area contributed by atoms with Crippen LogP contribution in [-0.4, -0.2) is 42.9 Å². The highest BCUT2D eigenvalue weighted by Crippen LogP contribution is 2.30. The number of rotatable bonds is 6. The number of hydrogen-bond donors (Lipinski definition) is 2. The van der Waals surface area contributed by atoms with E-state index in [1.165, 1.54) is 0 Å². The molecule has 0 aliphatic carbocycles. The van der Waals surface area contributed by atoms with Gasteiger partial charge in [0.25, 0.3) is 0 Å². The summed E-state index contributed by atoms with van der Waals surface area (Å²) < 4.78 is 0. The van der Waals surface area contributed by atoms with Crippen molar-refractivity contribution in [1.29, 1.82) is 0 Å². The lowest BCUT2D eigenvalue weighted by molar-refractivity contribution is -0.145. The number of nitrogens with two attached hydrogens (primary N) is 1. The largest absolute Gasteiger partial charge is 0.356 e. The van der Waals surface area contributed by atoms with E-state index in [0.717, 1.165) is 25.7 Å². The molecule has 116 valence electrons. The van der Waals surface area contributed by atoms with Gasteiger partial charge in [-0.15, -0.1) is 0 Å². The number of hydrogen-bond acceptors (Lipinski definition) is 3. The molecule has 0 aromatic heterocycles. The predicted molar refractivity (Wildman–Crippen MR) is 80.1 cm³/mol. The van der Waals surface area contributed by atoms with Crippen LogP contribution < -0.4 is 11.1 Å². The third-order valence-corrected chi connectivity index (χ3v) is 4.70. The molecule has 20 heavy (non-hydrogen) atoms. The van der Waals surface area contributed by atoms with Crippen molar-refractivity contribution in [2.45, 2.75) is 46.5 Å². The van der Waals surface area contributed by atoms with Crippen LogP contribution in [0.25, 0.3) is 0 Å². The first-order chi connectivity index (χ1) is 9.54. The van der Waals surface area contributed by atoms with E-state index in [9.17, 15) is 9.59 Å². The fourth-order valence-corrected chi connectivity index (χ4v) is 2.93. The van der Waals surface area contributed by atoms with Gasteiger partial charge in [0.2, 0.25) is 11.8 Å². The molecule has 1 aliphatic rings. The standard InChI is InChI=1S/C15H29N3O2/c1-4-15(5-2,11-16)14(20)18-9-7-12(8-10-18)13(19)17-6-3/h12H,4-11,16H2,1-3H3,(H,17,19). The molecule has 2 amide bonds. The topological polar surface area (TPSA) is 75.4 Å². The average Bonchev–Trinajstić information content (AvgIpc) is 2.50. The van der Waals surface area contributed by atoms with E-state index in [1.54, 1.807) is 0 Å². The van der Waals surface area contributed by atoms with Crippen LogP contribution in [0.2, 0.25) is 0 Å². The predicted octanol–water partition coefficient (Wildman–Crippen LogP) is 1.13. The van der Waals surface area contributed by atoms with E-state index < -0.39 is 5.41 Å². The number of piperidine rings is 1. The molecule has 0 spiro atoms. The van der Waals surface area contributed by atoms with Gasteiger partial charge in [-0.05, 0) is 32.6 Å². The maximum Gasteiger partial charge on any atom is 0.230 e. The summed E-state index contributed by atoms with van der Waals surface area (Å²) in [6.45, 7) is 8.37. The smallest absolute Gasteiger partial charge is 0.230 e. The molecule has 0 atom stereocenters. The zero-order valence-electron chi connectivity index (χ0n) is 13.1. The van der Waals surface area contributed by atoms with Gasteiger partial charge in [-0.1, -0.05) is 13.8 Å². The number of nitrogens with one attached hydrogen (secondary N) is 1. The van der Waals surface area contributed by atoms with Gasteiger partial charge in [-0.25, -0.2) is 0 Å². The Kier molecular flexibility index (Phi) is 6.46. The van der Waals surface area contributed by atoms with Gasteiger partial charge in [-0.2, -0.15) is 0 Å². The normalized spacial score (nSPS) is 17.1. The van der Waals surface area contributed by atoms with E-state index in [0.29, 0.717) is 26.2 Å². The summed E-state index contributed by atoms with van der Waals surface area (Å²) in [6.07, 6.45) is 3.06. The van der Waals surface area contributed by atoms with Crippen molar-refractivity contribution in [3.05, 3.63) is 0 Å². The van der Waals surface area contributed by atoms with Gasteiger partial charge in [0.05, 0.1) is 5.41 Å². The summed E-state index contributed by atoms with van der Waals surface area (Å²) in [5, 5.41) is 2.86. The molecule has 5 nitrogen and oxygen atoms in total. The van der Waals surface area contributed by atoms with Crippen molar-refractivity contribution in [1.82, 2.24) is 10.2 Å². The highest BCUT2D eigenvalue weighted by atomic mass is 16.2. The molecule has 0 aromatic carbocycles. The van der Waals surface area contributed by atoms with Crippen LogP contribution >= 0.6 is 0 Å². The van der Waals surface area contributed by atoms with Gasteiger partial charge in [0.15, 0.2) is 0 Å². The second kappa shape index (κ2) is 7.62. The molecule has 3 N–H and O–H groups in total. The van der Waals surface area contributed by atoms with Crippen LogP contribution in [0.4, 0.5) is 0 Å². The van der Waals surface area contributed by atoms with Gasteiger partial charge < -0.3 is 16.0 Å². The molecular weight excluding hydrogens is 254 g/mol. The molecule has 1 rings (SSSR count). The van der Waals surface area contributed by atoms with E-state index in [2.05, 4.69) is 5.32 Å². The first kappa shape index (κ1) is 17.0. The van der Waals surface area contributed by atoms with E-state index in [1.807, 2.05) is 25.7 Å². The van der Waals surface area contributed by atoms with Gasteiger partial charge >= 0.3 is 0 Å². The lowest BCUT2D eigenvalue weighted by atomic mass is 9.80. The first-order valence-corrected chi connectivity index (χ1v) is 7.81. The third kappa shape index (κ3) is 3.51. The van der Waals surface area contributed by atoms with Crippen LogP contribution in [-0.2, 0) is 9.59 Å². The Morgan fingerprint density at radius 3 is 2.15 bits per heavy atom. The summed E-state index contributed by atoms with van der Waals surface area (Å²) >= 11 is 0. The fourth-order valence-electron chi connectivity index (χ4n) is 2.93. The molecule has 1 heterocycles. The average molecular weight is 283 g/mol. The molecule has 0 aromatic rings. The van der Waals surface area contributed by atoms with E-state index in [4.69, 9.17) is 5.73 Å². The zero-order chi connectivity index (χ0) is 15.2. The van der Waals surface area contributed by atoms with Crippen molar-refractivity contribution in [3.8, 4) is 0 Å². The van der Waals surface area contributed by atoms with Crippen LogP contribution in [0.5, 0.6) is 0 Å².